The van der Waals surface area contributed by atoms with Crippen LogP contribution in [0.3, 0.4) is 0 Å². The fourth-order valence-electron chi connectivity index (χ4n) is 4.25. The topological polar surface area (TPSA) is 65.4 Å². The molecule has 0 saturated heterocycles. The van der Waals surface area contributed by atoms with Gasteiger partial charge in [-0.1, -0.05) is 53.0 Å². The number of halogens is 5. The van der Waals surface area contributed by atoms with Gasteiger partial charge in [-0.25, -0.2) is 4.98 Å². The van der Waals surface area contributed by atoms with E-state index in [0.29, 0.717) is 34.9 Å². The molecule has 0 bridgehead atoms. The smallest absolute Gasteiger partial charge is 0.403 e. The first-order valence-corrected chi connectivity index (χ1v) is 12.0. The number of rotatable bonds is 6. The van der Waals surface area contributed by atoms with Gasteiger partial charge < -0.3 is 10.6 Å². The zero-order valence-corrected chi connectivity index (χ0v) is 20.7. The molecule has 180 valence electrons. The van der Waals surface area contributed by atoms with Gasteiger partial charge in [0.1, 0.15) is 23.5 Å². The normalized spacial score (nSPS) is 15.8. The SMILES string of the molecule is CCc1c(CO/C(=N\N)C2(C(F)(F)F)CCC2)nc(-c2ccccc2Cl)n1-c1ccc(Br)cc1. The summed E-state index contributed by atoms with van der Waals surface area (Å²) >= 11 is 9.93. The van der Waals surface area contributed by atoms with Gasteiger partial charge in [0.15, 0.2) is 0 Å². The largest absolute Gasteiger partial charge is 0.473 e. The van der Waals surface area contributed by atoms with Gasteiger partial charge in [0, 0.05) is 21.4 Å². The molecule has 1 aliphatic rings. The first kappa shape index (κ1) is 24.6. The van der Waals surface area contributed by atoms with E-state index in [-0.39, 0.29) is 19.4 Å². The van der Waals surface area contributed by atoms with Crippen LogP contribution in [-0.2, 0) is 17.8 Å². The second-order valence-corrected chi connectivity index (χ2v) is 9.45. The number of alkyl halides is 3. The molecule has 0 aliphatic heterocycles. The molecule has 34 heavy (non-hydrogen) atoms. The molecule has 1 aliphatic carbocycles. The van der Waals surface area contributed by atoms with Crippen LogP contribution in [0.5, 0.6) is 0 Å². The highest BCUT2D eigenvalue weighted by Crippen LogP contribution is 2.54. The quantitative estimate of drug-likeness (QED) is 0.154. The Morgan fingerprint density at radius 1 is 1.21 bits per heavy atom. The fourth-order valence-corrected chi connectivity index (χ4v) is 4.74. The highest BCUT2D eigenvalue weighted by molar-refractivity contribution is 9.10. The van der Waals surface area contributed by atoms with Crippen molar-refractivity contribution in [2.24, 2.45) is 16.4 Å². The van der Waals surface area contributed by atoms with Crippen LogP contribution in [0.1, 0.15) is 37.6 Å². The molecule has 3 aromatic rings. The lowest BCUT2D eigenvalue weighted by Gasteiger charge is -2.42. The minimum Gasteiger partial charge on any atom is -0.473 e. The van der Waals surface area contributed by atoms with Crippen molar-refractivity contribution in [3.63, 3.8) is 0 Å². The molecule has 5 nitrogen and oxygen atoms in total. The molecule has 1 aromatic heterocycles. The fraction of sp³-hybridized carbons (Fsp3) is 0.333. The van der Waals surface area contributed by atoms with E-state index in [4.69, 9.17) is 27.2 Å². The van der Waals surface area contributed by atoms with E-state index in [0.717, 1.165) is 15.9 Å². The van der Waals surface area contributed by atoms with E-state index in [1.165, 1.54) is 0 Å². The second kappa shape index (κ2) is 9.62. The standard InChI is InChI=1S/C24H23BrClF3N4O/c1-2-20-19(14-34-22(32-30)23(12-5-13-23)24(27,28)29)31-21(17-6-3-4-7-18(17)26)33(20)16-10-8-15(25)9-11-16/h3-4,6-11H,2,5,12-14,30H2,1H3/b32-22-. The molecule has 1 saturated carbocycles. The molecular formula is C24H23BrClF3N4O. The lowest BCUT2D eigenvalue weighted by molar-refractivity contribution is -0.226. The van der Waals surface area contributed by atoms with Gasteiger partial charge in [-0.2, -0.15) is 13.2 Å². The van der Waals surface area contributed by atoms with Crippen molar-refractivity contribution in [1.29, 1.82) is 0 Å². The van der Waals surface area contributed by atoms with E-state index in [2.05, 4.69) is 21.0 Å². The highest BCUT2D eigenvalue weighted by Gasteiger charge is 2.63. The van der Waals surface area contributed by atoms with Crippen LogP contribution in [0.2, 0.25) is 5.02 Å². The van der Waals surface area contributed by atoms with Crippen LogP contribution >= 0.6 is 27.5 Å². The van der Waals surface area contributed by atoms with E-state index >= 15 is 0 Å². The summed E-state index contributed by atoms with van der Waals surface area (Å²) in [5.74, 6) is 5.44. The molecule has 1 heterocycles. The number of nitrogens with two attached hydrogens (primary N) is 1. The van der Waals surface area contributed by atoms with Gasteiger partial charge in [-0.3, -0.25) is 4.57 Å². The summed E-state index contributed by atoms with van der Waals surface area (Å²) in [6.45, 7) is 1.76. The first-order chi connectivity index (χ1) is 16.2. The average molecular weight is 556 g/mol. The highest BCUT2D eigenvalue weighted by atomic mass is 79.9. The maximum Gasteiger partial charge on any atom is 0.403 e. The Kier molecular flexibility index (Phi) is 6.96. The molecule has 1 fully saturated rings. The lowest BCUT2D eigenvalue weighted by Crippen LogP contribution is -2.51. The molecule has 4 rings (SSSR count). The maximum atomic E-state index is 13.8. The summed E-state index contributed by atoms with van der Waals surface area (Å²) in [6, 6.07) is 15.0. The monoisotopic (exact) mass is 554 g/mol. The average Bonchev–Trinajstić information content (AvgIpc) is 3.13. The number of hydrazone groups is 1. The first-order valence-electron chi connectivity index (χ1n) is 10.8. The number of imidazole rings is 1. The minimum atomic E-state index is -4.49. The molecule has 0 amide bonds. The van der Waals surface area contributed by atoms with E-state index in [1.54, 1.807) is 6.07 Å². The van der Waals surface area contributed by atoms with Gasteiger partial charge >= 0.3 is 6.18 Å². The van der Waals surface area contributed by atoms with Crippen molar-refractivity contribution in [2.75, 3.05) is 0 Å². The van der Waals surface area contributed by atoms with E-state index < -0.39 is 17.5 Å². The number of hydrogen-bond donors (Lipinski definition) is 1. The van der Waals surface area contributed by atoms with Crippen LogP contribution in [0.25, 0.3) is 17.1 Å². The zero-order valence-electron chi connectivity index (χ0n) is 18.4. The maximum absolute atomic E-state index is 13.8. The summed E-state index contributed by atoms with van der Waals surface area (Å²) in [5.41, 5.74) is 0.702. The predicted octanol–water partition coefficient (Wildman–Crippen LogP) is 7.04. The van der Waals surface area contributed by atoms with E-state index in [1.807, 2.05) is 54.0 Å². The molecule has 10 heteroatoms. The van der Waals surface area contributed by atoms with Crippen molar-refractivity contribution >= 4 is 33.4 Å². The molecule has 2 aromatic carbocycles. The van der Waals surface area contributed by atoms with Gasteiger partial charge in [-0.15, -0.1) is 5.10 Å². The summed E-state index contributed by atoms with van der Waals surface area (Å²) in [6.07, 6.45) is -3.67. The Balaban J connectivity index is 1.77. The van der Waals surface area contributed by atoms with Gasteiger partial charge in [0.25, 0.3) is 0 Å². The second-order valence-electron chi connectivity index (χ2n) is 8.13. The molecule has 0 atom stereocenters. The number of benzene rings is 2. The summed E-state index contributed by atoms with van der Waals surface area (Å²) < 4.78 is 49.9. The summed E-state index contributed by atoms with van der Waals surface area (Å²) in [5, 5.41) is 3.91. The Morgan fingerprint density at radius 3 is 2.41 bits per heavy atom. The van der Waals surface area contributed by atoms with Gasteiger partial charge in [-0.05, 0) is 55.7 Å². The minimum absolute atomic E-state index is 0.0919. The Bertz CT molecular complexity index is 1200. The Hall–Kier alpha value is -2.52. The van der Waals surface area contributed by atoms with E-state index in [9.17, 15) is 13.2 Å². The van der Waals surface area contributed by atoms with Crippen molar-refractivity contribution < 1.29 is 17.9 Å². The Morgan fingerprint density at radius 2 is 1.88 bits per heavy atom. The Labute approximate surface area is 208 Å². The van der Waals surface area contributed by atoms with Gasteiger partial charge in [0.05, 0.1) is 5.02 Å². The van der Waals surface area contributed by atoms with Gasteiger partial charge in [0.2, 0.25) is 5.90 Å². The van der Waals surface area contributed by atoms with Crippen LogP contribution in [0.15, 0.2) is 58.1 Å². The molecule has 0 spiro atoms. The number of hydrogen-bond acceptors (Lipinski definition) is 4. The van der Waals surface area contributed by atoms with Crippen LogP contribution in [0, 0.1) is 5.41 Å². The molecule has 2 N–H and O–H groups in total. The molecular weight excluding hydrogens is 533 g/mol. The van der Waals surface area contributed by atoms with Crippen molar-refractivity contribution in [3.8, 4) is 17.1 Å². The van der Waals surface area contributed by atoms with Crippen molar-refractivity contribution in [2.45, 2.75) is 45.4 Å². The van der Waals surface area contributed by atoms with Crippen LogP contribution in [-0.4, -0.2) is 21.6 Å². The molecule has 0 unspecified atom stereocenters. The summed E-state index contributed by atoms with van der Waals surface area (Å²) in [7, 11) is 0. The van der Waals surface area contributed by atoms with Crippen LogP contribution in [0.4, 0.5) is 13.2 Å². The predicted molar refractivity (Wildman–Crippen MR) is 130 cm³/mol. The zero-order chi connectivity index (χ0) is 24.5. The third kappa shape index (κ3) is 4.31. The number of ether oxygens (including phenoxy) is 1. The summed E-state index contributed by atoms with van der Waals surface area (Å²) in [4.78, 5) is 4.77. The third-order valence-electron chi connectivity index (χ3n) is 6.21. The number of nitrogens with zero attached hydrogens (tertiary/aromatic N) is 3. The van der Waals surface area contributed by atoms with Crippen molar-refractivity contribution in [1.82, 2.24) is 9.55 Å². The van der Waals surface area contributed by atoms with Crippen LogP contribution < -0.4 is 5.84 Å². The number of aromatic nitrogens is 2. The molecule has 0 radical (unpaired) electrons. The third-order valence-corrected chi connectivity index (χ3v) is 7.07. The van der Waals surface area contributed by atoms with Crippen molar-refractivity contribution in [3.05, 3.63) is 69.4 Å². The lowest BCUT2D eigenvalue weighted by atomic mass is 9.68.